The standard InChI is InChI=1S/CN.2ClH.Cu.2Li/c1-2;;;;;/h;2*1H;;;/q-1;;;3*+1/p-2. The summed E-state index contributed by atoms with van der Waals surface area (Å²) in [7, 11) is 9.34. The third-order valence-electron chi connectivity index (χ3n) is 0. The van der Waals surface area contributed by atoms with Crippen molar-refractivity contribution in [1.29, 1.82) is 5.26 Å². The Morgan fingerprint density at radius 3 is 1.14 bits per heavy atom. The zero-order valence-corrected chi connectivity index (χ0v) is 6.46. The number of rotatable bonds is 0. The van der Waals surface area contributed by atoms with Crippen LogP contribution in [0.3, 0.4) is 0 Å². The van der Waals surface area contributed by atoms with Crippen LogP contribution in [0.4, 0.5) is 0 Å². The summed E-state index contributed by atoms with van der Waals surface area (Å²) in [5.41, 5.74) is 0. The van der Waals surface area contributed by atoms with Gasteiger partial charge >= 0.3 is 71.1 Å². The third kappa shape index (κ3) is 81.8. The van der Waals surface area contributed by atoms with Crippen molar-refractivity contribution in [2.24, 2.45) is 0 Å². The van der Waals surface area contributed by atoms with Crippen LogP contribution in [0, 0.1) is 11.8 Å². The molecule has 0 aromatic carbocycles. The van der Waals surface area contributed by atoms with Crippen LogP contribution in [0.15, 0.2) is 0 Å². The SMILES string of the molecule is [C-]#N.[Cl][Cu-][Cl].[Li+].[Li+]. The van der Waals surface area contributed by atoms with E-state index in [1.54, 1.807) is 0 Å². The molecule has 36 valence electrons. The molecule has 0 unspecified atom stereocenters. The smallest absolute Gasteiger partial charge is 1.00 e. The van der Waals surface area contributed by atoms with E-state index in [1.807, 2.05) is 0 Å². The van der Waals surface area contributed by atoms with Gasteiger partial charge in [-0.1, -0.05) is 0 Å². The third-order valence-corrected chi connectivity index (χ3v) is 0. The number of hydrogen-bond donors (Lipinski definition) is 0. The van der Waals surface area contributed by atoms with Crippen molar-refractivity contribution in [3.8, 4) is 0 Å². The molecule has 0 aliphatic rings. The second-order valence-corrected chi connectivity index (χ2v) is 1.60. The van der Waals surface area contributed by atoms with Gasteiger partial charge in [-0.25, -0.2) is 0 Å². The van der Waals surface area contributed by atoms with Crippen molar-refractivity contribution >= 4 is 20.2 Å². The van der Waals surface area contributed by atoms with Crippen LogP contribution in [0.5, 0.6) is 0 Å². The van der Waals surface area contributed by atoms with Crippen molar-refractivity contribution in [3.05, 3.63) is 6.57 Å². The van der Waals surface area contributed by atoms with Crippen molar-refractivity contribution in [2.75, 3.05) is 0 Å². The Labute approximate surface area is 82.1 Å². The molecule has 0 spiro atoms. The quantitative estimate of drug-likeness (QED) is 0.268. The maximum atomic E-state index is 6.25. The molecular formula is CCl2CuLi2N. The van der Waals surface area contributed by atoms with E-state index < -0.39 is 0 Å². The first-order valence-electron chi connectivity index (χ1n) is 0.452. The molecule has 6 heteroatoms. The fourth-order valence-corrected chi connectivity index (χ4v) is 0. The van der Waals surface area contributed by atoms with Crippen molar-refractivity contribution in [3.63, 3.8) is 0 Å². The van der Waals surface area contributed by atoms with Gasteiger partial charge in [-0.3, -0.25) is 0 Å². The van der Waals surface area contributed by atoms with E-state index in [9.17, 15) is 0 Å². The molecular weight excluding hydrogens is 174 g/mol. The van der Waals surface area contributed by atoms with Crippen molar-refractivity contribution < 1.29 is 50.9 Å². The van der Waals surface area contributed by atoms with E-state index in [0.29, 0.717) is 0 Å². The summed E-state index contributed by atoms with van der Waals surface area (Å²) in [6, 6.07) is 0. The predicted molar refractivity (Wildman–Crippen MR) is 16.7 cm³/mol. The summed E-state index contributed by atoms with van der Waals surface area (Å²) < 4.78 is 0. The van der Waals surface area contributed by atoms with Crippen LogP contribution in [0.25, 0.3) is 0 Å². The molecule has 7 heavy (non-hydrogen) atoms. The Bertz CT molecular complexity index is 26.9. The molecule has 0 aliphatic heterocycles. The maximum Gasteiger partial charge on any atom is 1.00 e. The molecule has 0 atom stereocenters. The zero-order valence-electron chi connectivity index (χ0n) is 4.00. The van der Waals surface area contributed by atoms with Crippen LogP contribution in [0.1, 0.15) is 0 Å². The Morgan fingerprint density at radius 2 is 1.14 bits per heavy atom. The van der Waals surface area contributed by atoms with Gasteiger partial charge in [0.2, 0.25) is 0 Å². The molecule has 0 fully saturated rings. The van der Waals surface area contributed by atoms with E-state index in [1.165, 1.54) is 0 Å². The molecule has 0 N–H and O–H groups in total. The summed E-state index contributed by atoms with van der Waals surface area (Å²) in [6.07, 6.45) is 0. The average Bonchev–Trinajstić information content (AvgIpc) is 1.46. The van der Waals surface area contributed by atoms with Gasteiger partial charge in [-0.05, 0) is 0 Å². The van der Waals surface area contributed by atoms with Crippen LogP contribution in [-0.2, 0) is 13.1 Å². The normalized spacial score (nSPS) is 3.43. The predicted octanol–water partition coefficient (Wildman–Crippen LogP) is -4.52. The van der Waals surface area contributed by atoms with Gasteiger partial charge in [-0.15, -0.1) is 0 Å². The fourth-order valence-electron chi connectivity index (χ4n) is 0. The van der Waals surface area contributed by atoms with Gasteiger partial charge in [0.25, 0.3) is 0 Å². The second-order valence-electron chi connectivity index (χ2n) is 0.0431. The summed E-state index contributed by atoms with van der Waals surface area (Å²) in [6.45, 7) is 4.75. The first-order valence-corrected chi connectivity index (χ1v) is 3.04. The van der Waals surface area contributed by atoms with Crippen LogP contribution in [0.2, 0.25) is 0 Å². The number of hydrogen-bond acceptors (Lipinski definition) is 1. The van der Waals surface area contributed by atoms with Crippen LogP contribution < -0.4 is 37.7 Å². The van der Waals surface area contributed by atoms with Gasteiger partial charge in [-0.2, -0.15) is 0 Å². The first kappa shape index (κ1) is 23.3. The minimum Gasteiger partial charge on any atom is 1.00 e. The van der Waals surface area contributed by atoms with E-state index in [-0.39, 0.29) is 37.7 Å². The van der Waals surface area contributed by atoms with E-state index in [2.05, 4.69) is 20.2 Å². The summed E-state index contributed by atoms with van der Waals surface area (Å²) >= 11 is 0.757. The molecule has 0 amide bonds. The Kier molecular flexibility index (Phi) is 154. The molecule has 0 aromatic heterocycles. The average molecular weight is 174 g/mol. The zero-order chi connectivity index (χ0) is 4.71. The van der Waals surface area contributed by atoms with Gasteiger partial charge < -0.3 is 11.8 Å². The molecule has 0 radical (unpaired) electrons. The maximum absolute atomic E-state index is 6.25. The van der Waals surface area contributed by atoms with Gasteiger partial charge in [0.15, 0.2) is 0 Å². The molecule has 0 saturated heterocycles. The molecule has 1 nitrogen and oxygen atoms in total. The minimum atomic E-state index is 0. The van der Waals surface area contributed by atoms with Crippen molar-refractivity contribution in [1.82, 2.24) is 0 Å². The van der Waals surface area contributed by atoms with Gasteiger partial charge in [0.05, 0.1) is 0 Å². The largest absolute Gasteiger partial charge is 1.00 e. The Morgan fingerprint density at radius 1 is 1.14 bits per heavy atom. The first-order chi connectivity index (χ1) is 2.41. The summed E-state index contributed by atoms with van der Waals surface area (Å²) in [4.78, 5) is 0. The summed E-state index contributed by atoms with van der Waals surface area (Å²) in [5.74, 6) is 0. The molecule has 0 rings (SSSR count). The Hall–Kier alpha value is 1.78. The number of nitrogens with zero attached hydrogens (tertiary/aromatic N) is 1. The molecule has 0 heterocycles. The van der Waals surface area contributed by atoms with E-state index in [0.717, 1.165) is 13.1 Å². The minimum absolute atomic E-state index is 0. The van der Waals surface area contributed by atoms with Gasteiger partial charge in [0, 0.05) is 0 Å². The molecule has 0 aliphatic carbocycles. The van der Waals surface area contributed by atoms with Gasteiger partial charge in [0.1, 0.15) is 0 Å². The fraction of sp³-hybridized carbons (Fsp3) is 0. The van der Waals surface area contributed by atoms with Crippen LogP contribution >= 0.6 is 20.2 Å². The topological polar surface area (TPSA) is 23.8 Å². The molecule has 0 bridgehead atoms. The molecule has 0 saturated carbocycles. The second kappa shape index (κ2) is 46.2. The number of halogens is 2. The van der Waals surface area contributed by atoms with E-state index >= 15 is 0 Å². The summed E-state index contributed by atoms with van der Waals surface area (Å²) in [5, 5.41) is 6.25. The van der Waals surface area contributed by atoms with Crippen molar-refractivity contribution in [2.45, 2.75) is 0 Å². The Balaban J connectivity index is -0.0000000105. The van der Waals surface area contributed by atoms with Crippen LogP contribution in [-0.4, -0.2) is 0 Å². The monoisotopic (exact) mass is 173 g/mol. The molecule has 0 aromatic rings. The van der Waals surface area contributed by atoms with E-state index in [4.69, 9.17) is 11.8 Å².